The maximum absolute atomic E-state index is 4.55. The zero-order chi connectivity index (χ0) is 9.26. The summed E-state index contributed by atoms with van der Waals surface area (Å²) in [7, 11) is 4.13. The predicted molar refractivity (Wildman–Crippen MR) is 51.3 cm³/mol. The second-order valence-corrected chi connectivity index (χ2v) is 3.76. The van der Waals surface area contributed by atoms with E-state index in [4.69, 9.17) is 0 Å². The van der Waals surface area contributed by atoms with Gasteiger partial charge in [0.1, 0.15) is 5.82 Å². The van der Waals surface area contributed by atoms with Gasteiger partial charge in [-0.25, -0.2) is 4.98 Å². The Morgan fingerprint density at radius 3 is 3.15 bits per heavy atom. The summed E-state index contributed by atoms with van der Waals surface area (Å²) >= 11 is 0. The van der Waals surface area contributed by atoms with E-state index in [0.717, 1.165) is 26.2 Å². The summed E-state index contributed by atoms with van der Waals surface area (Å²) in [6.45, 7) is 3.95. The second kappa shape index (κ2) is 3.47. The third-order valence-electron chi connectivity index (χ3n) is 2.20. The van der Waals surface area contributed by atoms with Crippen LogP contribution in [0.3, 0.4) is 0 Å². The quantitative estimate of drug-likeness (QED) is 0.698. The van der Waals surface area contributed by atoms with E-state index < -0.39 is 0 Å². The molecule has 13 heavy (non-hydrogen) atoms. The number of imidazole rings is 1. The van der Waals surface area contributed by atoms with Gasteiger partial charge in [-0.05, 0) is 14.1 Å². The van der Waals surface area contributed by atoms with E-state index in [-0.39, 0.29) is 0 Å². The zero-order valence-electron chi connectivity index (χ0n) is 8.25. The SMILES string of the molecule is CN(C)Cc1cn2c(n1)CNCC2. The van der Waals surface area contributed by atoms with Crippen molar-refractivity contribution in [1.82, 2.24) is 19.8 Å². The summed E-state index contributed by atoms with van der Waals surface area (Å²) in [6, 6.07) is 0. The number of nitrogens with one attached hydrogen (secondary N) is 1. The van der Waals surface area contributed by atoms with Crippen molar-refractivity contribution in [3.05, 3.63) is 17.7 Å². The van der Waals surface area contributed by atoms with Crippen LogP contribution in [-0.2, 0) is 19.6 Å². The van der Waals surface area contributed by atoms with Gasteiger partial charge in [-0.15, -0.1) is 0 Å². The van der Waals surface area contributed by atoms with E-state index >= 15 is 0 Å². The lowest BCUT2D eigenvalue weighted by molar-refractivity contribution is 0.397. The lowest BCUT2D eigenvalue weighted by Gasteiger charge is -2.13. The van der Waals surface area contributed by atoms with Crippen molar-refractivity contribution in [2.75, 3.05) is 20.6 Å². The zero-order valence-corrected chi connectivity index (χ0v) is 8.25. The molecule has 0 fully saturated rings. The highest BCUT2D eigenvalue weighted by Gasteiger charge is 2.11. The molecule has 0 unspecified atom stereocenters. The summed E-state index contributed by atoms with van der Waals surface area (Å²) in [5.74, 6) is 1.17. The average molecular weight is 180 g/mol. The number of hydrogen-bond acceptors (Lipinski definition) is 3. The molecule has 1 aromatic rings. The maximum Gasteiger partial charge on any atom is 0.123 e. The molecule has 4 heteroatoms. The summed E-state index contributed by atoms with van der Waals surface area (Å²) in [5.41, 5.74) is 1.17. The number of fused-ring (bicyclic) bond motifs is 1. The molecule has 1 N–H and O–H groups in total. The van der Waals surface area contributed by atoms with Gasteiger partial charge >= 0.3 is 0 Å². The maximum atomic E-state index is 4.55. The predicted octanol–water partition coefficient (Wildman–Crippen LogP) is 0.0479. The van der Waals surface area contributed by atoms with Crippen molar-refractivity contribution < 1.29 is 0 Å². The molecule has 0 aromatic carbocycles. The Morgan fingerprint density at radius 2 is 2.46 bits per heavy atom. The highest BCUT2D eigenvalue weighted by molar-refractivity contribution is 5.05. The minimum Gasteiger partial charge on any atom is -0.332 e. The van der Waals surface area contributed by atoms with E-state index in [1.54, 1.807) is 0 Å². The number of aromatic nitrogens is 2. The topological polar surface area (TPSA) is 33.1 Å². The lowest BCUT2D eigenvalue weighted by atomic mass is 10.4. The fourth-order valence-electron chi connectivity index (χ4n) is 1.65. The molecular weight excluding hydrogens is 164 g/mol. The van der Waals surface area contributed by atoms with Crippen molar-refractivity contribution in [2.45, 2.75) is 19.6 Å². The number of nitrogens with zero attached hydrogens (tertiary/aromatic N) is 3. The summed E-state index contributed by atoms with van der Waals surface area (Å²) < 4.78 is 2.25. The molecule has 72 valence electrons. The Bertz CT molecular complexity index is 266. The van der Waals surface area contributed by atoms with Gasteiger partial charge < -0.3 is 14.8 Å². The van der Waals surface area contributed by atoms with Gasteiger partial charge in [0, 0.05) is 25.8 Å². The van der Waals surface area contributed by atoms with E-state index in [9.17, 15) is 0 Å². The summed E-state index contributed by atoms with van der Waals surface area (Å²) in [4.78, 5) is 6.69. The van der Waals surface area contributed by atoms with Crippen LogP contribution < -0.4 is 5.32 Å². The van der Waals surface area contributed by atoms with E-state index in [0.29, 0.717) is 0 Å². The van der Waals surface area contributed by atoms with E-state index in [1.165, 1.54) is 11.5 Å². The lowest BCUT2D eigenvalue weighted by Crippen LogP contribution is -2.27. The van der Waals surface area contributed by atoms with Gasteiger partial charge in [0.25, 0.3) is 0 Å². The molecule has 1 aromatic heterocycles. The molecule has 0 spiro atoms. The smallest absolute Gasteiger partial charge is 0.123 e. The number of rotatable bonds is 2. The number of hydrogen-bond donors (Lipinski definition) is 1. The molecule has 0 radical (unpaired) electrons. The van der Waals surface area contributed by atoms with Crippen molar-refractivity contribution in [3.8, 4) is 0 Å². The Hall–Kier alpha value is -0.870. The molecule has 2 rings (SSSR count). The van der Waals surface area contributed by atoms with Crippen LogP contribution in [0.2, 0.25) is 0 Å². The van der Waals surface area contributed by atoms with Crippen LogP contribution >= 0.6 is 0 Å². The first-order chi connectivity index (χ1) is 6.25. The molecule has 0 amide bonds. The first-order valence-electron chi connectivity index (χ1n) is 4.66. The van der Waals surface area contributed by atoms with Crippen LogP contribution in [-0.4, -0.2) is 35.1 Å². The van der Waals surface area contributed by atoms with Crippen molar-refractivity contribution in [3.63, 3.8) is 0 Å². The Balaban J connectivity index is 2.15. The van der Waals surface area contributed by atoms with E-state index in [1.807, 2.05) is 0 Å². The molecule has 2 heterocycles. The van der Waals surface area contributed by atoms with Crippen molar-refractivity contribution in [1.29, 1.82) is 0 Å². The van der Waals surface area contributed by atoms with Gasteiger partial charge in [0.05, 0.1) is 12.2 Å². The van der Waals surface area contributed by atoms with Crippen molar-refractivity contribution in [2.24, 2.45) is 0 Å². The summed E-state index contributed by atoms with van der Waals surface area (Å²) in [6.07, 6.45) is 2.16. The van der Waals surface area contributed by atoms with Crippen LogP contribution in [0.25, 0.3) is 0 Å². The molecule has 1 aliphatic rings. The fraction of sp³-hybridized carbons (Fsp3) is 0.667. The van der Waals surface area contributed by atoms with Crippen LogP contribution in [0.4, 0.5) is 0 Å². The van der Waals surface area contributed by atoms with Gasteiger partial charge in [-0.2, -0.15) is 0 Å². The van der Waals surface area contributed by atoms with Crippen LogP contribution in [0, 0.1) is 0 Å². The standard InChI is InChI=1S/C9H16N4/c1-12(2)6-8-7-13-4-3-10-5-9(13)11-8/h7,10H,3-6H2,1-2H3. The Kier molecular flexibility index (Phi) is 2.33. The largest absolute Gasteiger partial charge is 0.332 e. The molecule has 0 saturated heterocycles. The first kappa shape index (κ1) is 8.72. The van der Waals surface area contributed by atoms with Gasteiger partial charge in [-0.1, -0.05) is 0 Å². The Morgan fingerprint density at radius 1 is 1.62 bits per heavy atom. The van der Waals surface area contributed by atoms with Crippen molar-refractivity contribution >= 4 is 0 Å². The van der Waals surface area contributed by atoms with Crippen LogP contribution in [0.5, 0.6) is 0 Å². The highest BCUT2D eigenvalue weighted by atomic mass is 15.2. The third kappa shape index (κ3) is 1.89. The Labute approximate surface area is 78.6 Å². The molecule has 1 aliphatic heterocycles. The average Bonchev–Trinajstić information content (AvgIpc) is 2.44. The van der Waals surface area contributed by atoms with Gasteiger partial charge in [0.15, 0.2) is 0 Å². The molecule has 0 atom stereocenters. The molecule has 0 bridgehead atoms. The molecule has 4 nitrogen and oxygen atoms in total. The van der Waals surface area contributed by atoms with Crippen LogP contribution in [0.1, 0.15) is 11.5 Å². The van der Waals surface area contributed by atoms with Gasteiger partial charge in [-0.3, -0.25) is 0 Å². The van der Waals surface area contributed by atoms with Crippen LogP contribution in [0.15, 0.2) is 6.20 Å². The molecule has 0 saturated carbocycles. The van der Waals surface area contributed by atoms with E-state index in [2.05, 4.69) is 40.1 Å². The fourth-order valence-corrected chi connectivity index (χ4v) is 1.65. The molecular formula is C9H16N4. The minimum absolute atomic E-state index is 0.910. The summed E-state index contributed by atoms with van der Waals surface area (Å²) in [5, 5.41) is 3.31. The second-order valence-electron chi connectivity index (χ2n) is 3.76. The van der Waals surface area contributed by atoms with Gasteiger partial charge in [0.2, 0.25) is 0 Å². The monoisotopic (exact) mass is 180 g/mol. The third-order valence-corrected chi connectivity index (χ3v) is 2.20. The normalized spacial score (nSPS) is 16.2. The molecule has 0 aliphatic carbocycles. The highest BCUT2D eigenvalue weighted by Crippen LogP contribution is 2.07. The first-order valence-corrected chi connectivity index (χ1v) is 4.66. The minimum atomic E-state index is 0.910.